The fourth-order valence-electron chi connectivity index (χ4n) is 1.04. The first-order valence-electron chi connectivity index (χ1n) is 4.10. The number of hydrogen-bond acceptors (Lipinski definition) is 3. The first kappa shape index (κ1) is 14.2. The van der Waals surface area contributed by atoms with Crippen LogP contribution in [0.2, 0.25) is 5.02 Å². The number of halogens is 4. The fraction of sp³-hybridized carbons (Fsp3) is 0.250. The van der Waals surface area contributed by atoms with Gasteiger partial charge in [0.15, 0.2) is 0 Å². The van der Waals surface area contributed by atoms with Gasteiger partial charge in [0.2, 0.25) is 0 Å². The maximum Gasteiger partial charge on any atom is 0.416 e. The minimum atomic E-state index is -4.65. The summed E-state index contributed by atoms with van der Waals surface area (Å²) >= 11 is 5.52. The highest BCUT2D eigenvalue weighted by Gasteiger charge is 2.32. The summed E-state index contributed by atoms with van der Waals surface area (Å²) in [4.78, 5) is 5.04. The minimum absolute atomic E-state index is 0.331. The zero-order valence-corrected chi connectivity index (χ0v) is 9.95. The lowest BCUT2D eigenvalue weighted by atomic mass is 10.2. The number of hydrogen-bond donors (Lipinski definition) is 1. The van der Waals surface area contributed by atoms with Gasteiger partial charge >= 0.3 is 6.18 Å². The van der Waals surface area contributed by atoms with Crippen LogP contribution in [0.4, 0.5) is 13.2 Å². The molecular formula is C8H7ClF3NO3S. The van der Waals surface area contributed by atoms with E-state index in [4.69, 9.17) is 11.6 Å². The normalized spacial score (nSPS) is 12.8. The summed E-state index contributed by atoms with van der Waals surface area (Å²) in [6, 6.07) is 1.98. The van der Waals surface area contributed by atoms with Crippen LogP contribution >= 0.6 is 11.6 Å². The van der Waals surface area contributed by atoms with Crippen LogP contribution in [0, 0.1) is 0 Å². The summed E-state index contributed by atoms with van der Waals surface area (Å²) in [5, 5.41) is -0.331. The van der Waals surface area contributed by atoms with Crippen molar-refractivity contribution in [2.24, 2.45) is 0 Å². The lowest BCUT2D eigenvalue weighted by Crippen LogP contribution is -2.23. The fourth-order valence-corrected chi connectivity index (χ4v) is 2.38. The maximum absolute atomic E-state index is 12.4. The third-order valence-corrected chi connectivity index (χ3v) is 3.49. The van der Waals surface area contributed by atoms with Crippen molar-refractivity contribution in [1.29, 1.82) is 0 Å². The van der Waals surface area contributed by atoms with E-state index < -0.39 is 26.7 Å². The molecule has 0 saturated heterocycles. The smallest absolute Gasteiger partial charge is 0.290 e. The average Bonchev–Trinajstić information content (AvgIpc) is 2.15. The molecule has 0 aliphatic carbocycles. The van der Waals surface area contributed by atoms with E-state index in [1.165, 1.54) is 0 Å². The van der Waals surface area contributed by atoms with Crippen LogP contribution in [0.3, 0.4) is 0 Å². The maximum atomic E-state index is 12.4. The Morgan fingerprint density at radius 3 is 2.41 bits per heavy atom. The van der Waals surface area contributed by atoms with Crippen molar-refractivity contribution in [2.45, 2.75) is 11.1 Å². The first-order valence-corrected chi connectivity index (χ1v) is 5.96. The number of alkyl halides is 3. The van der Waals surface area contributed by atoms with Gasteiger partial charge in [0.1, 0.15) is 4.90 Å². The molecule has 17 heavy (non-hydrogen) atoms. The lowest BCUT2D eigenvalue weighted by molar-refractivity contribution is -0.137. The van der Waals surface area contributed by atoms with Crippen molar-refractivity contribution in [2.75, 3.05) is 7.11 Å². The van der Waals surface area contributed by atoms with Gasteiger partial charge in [-0.2, -0.15) is 13.2 Å². The molecule has 9 heteroatoms. The highest BCUT2D eigenvalue weighted by Crippen LogP contribution is 2.33. The van der Waals surface area contributed by atoms with Crippen molar-refractivity contribution in [3.05, 3.63) is 28.8 Å². The molecule has 0 spiro atoms. The lowest BCUT2D eigenvalue weighted by Gasteiger charge is -2.10. The highest BCUT2D eigenvalue weighted by atomic mass is 35.5. The molecule has 0 aromatic heterocycles. The second kappa shape index (κ2) is 4.81. The van der Waals surface area contributed by atoms with E-state index in [1.54, 1.807) is 4.89 Å². The van der Waals surface area contributed by atoms with Gasteiger partial charge in [-0.15, -0.1) is 0 Å². The molecule has 0 amide bonds. The Morgan fingerprint density at radius 1 is 1.35 bits per heavy atom. The van der Waals surface area contributed by atoms with Crippen LogP contribution in [-0.2, 0) is 21.0 Å². The Kier molecular flexibility index (Phi) is 4.03. The average molecular weight is 290 g/mol. The molecular weight excluding hydrogens is 283 g/mol. The molecule has 0 fully saturated rings. The molecule has 0 aliphatic heterocycles. The second-order valence-corrected chi connectivity index (χ2v) is 4.95. The van der Waals surface area contributed by atoms with Crippen molar-refractivity contribution < 1.29 is 26.4 Å². The number of nitrogens with one attached hydrogen (secondary N) is 1. The van der Waals surface area contributed by atoms with Crippen LogP contribution in [-0.4, -0.2) is 15.5 Å². The molecule has 0 heterocycles. The number of benzene rings is 1. The quantitative estimate of drug-likeness (QED) is 0.868. The van der Waals surface area contributed by atoms with Gasteiger partial charge in [-0.1, -0.05) is 16.5 Å². The van der Waals surface area contributed by atoms with E-state index >= 15 is 0 Å². The molecule has 96 valence electrons. The summed E-state index contributed by atoms with van der Waals surface area (Å²) < 4.78 is 60.0. The van der Waals surface area contributed by atoms with E-state index in [-0.39, 0.29) is 5.02 Å². The predicted molar refractivity (Wildman–Crippen MR) is 53.8 cm³/mol. The summed E-state index contributed by atoms with van der Waals surface area (Å²) in [5.41, 5.74) is -1.11. The van der Waals surface area contributed by atoms with Crippen molar-refractivity contribution in [3.63, 3.8) is 0 Å². The molecule has 4 nitrogen and oxygen atoms in total. The molecule has 1 aromatic carbocycles. The third kappa shape index (κ3) is 3.32. The molecule has 1 aromatic rings. The SMILES string of the molecule is CONS(=O)(=O)c1cc(C(F)(F)F)ccc1Cl. The Morgan fingerprint density at radius 2 is 1.94 bits per heavy atom. The van der Waals surface area contributed by atoms with Crippen LogP contribution in [0.25, 0.3) is 0 Å². The number of rotatable bonds is 3. The Bertz CT molecular complexity index is 515. The summed E-state index contributed by atoms with van der Waals surface area (Å²) in [7, 11) is -3.22. The standard InChI is InChI=1S/C8H7ClF3NO3S/c1-16-13-17(14,15)7-4-5(8(10,11)12)2-3-6(7)9/h2-4,13H,1H3. The van der Waals surface area contributed by atoms with E-state index in [0.29, 0.717) is 12.1 Å². The highest BCUT2D eigenvalue weighted by molar-refractivity contribution is 7.89. The largest absolute Gasteiger partial charge is 0.416 e. The molecule has 0 radical (unpaired) electrons. The molecule has 1 rings (SSSR count). The Labute approximate surface area is 100 Å². The zero-order chi connectivity index (χ0) is 13.3. The van der Waals surface area contributed by atoms with Gasteiger partial charge in [-0.25, -0.2) is 8.42 Å². The summed E-state index contributed by atoms with van der Waals surface area (Å²) in [6.07, 6.45) is -4.65. The van der Waals surface area contributed by atoms with E-state index in [9.17, 15) is 21.6 Å². The summed E-state index contributed by atoms with van der Waals surface area (Å²) in [5.74, 6) is 0. The van der Waals surface area contributed by atoms with Gasteiger partial charge in [-0.3, -0.25) is 4.84 Å². The van der Waals surface area contributed by atoms with Crippen LogP contribution in [0.5, 0.6) is 0 Å². The monoisotopic (exact) mass is 289 g/mol. The van der Waals surface area contributed by atoms with E-state index in [2.05, 4.69) is 4.84 Å². The van der Waals surface area contributed by atoms with Gasteiger partial charge in [0.05, 0.1) is 17.7 Å². The van der Waals surface area contributed by atoms with Gasteiger partial charge in [-0.05, 0) is 18.2 Å². The summed E-state index contributed by atoms with van der Waals surface area (Å²) in [6.45, 7) is 0. The number of sulfonamides is 1. The van der Waals surface area contributed by atoms with Crippen molar-refractivity contribution in [3.8, 4) is 0 Å². The molecule has 0 unspecified atom stereocenters. The van der Waals surface area contributed by atoms with Crippen LogP contribution < -0.4 is 4.89 Å². The van der Waals surface area contributed by atoms with Crippen LogP contribution in [0.1, 0.15) is 5.56 Å². The molecule has 0 atom stereocenters. The Hall–Kier alpha value is -0.830. The molecule has 1 N–H and O–H groups in total. The molecule has 0 bridgehead atoms. The van der Waals surface area contributed by atoms with Crippen molar-refractivity contribution in [1.82, 2.24) is 4.89 Å². The van der Waals surface area contributed by atoms with Crippen molar-refractivity contribution >= 4 is 21.6 Å². The zero-order valence-electron chi connectivity index (χ0n) is 8.38. The third-order valence-electron chi connectivity index (χ3n) is 1.74. The first-order chi connectivity index (χ1) is 7.68. The van der Waals surface area contributed by atoms with E-state index in [0.717, 1.165) is 13.2 Å². The minimum Gasteiger partial charge on any atom is -0.290 e. The molecule has 0 aliphatic rings. The van der Waals surface area contributed by atoms with E-state index in [1.807, 2.05) is 0 Å². The van der Waals surface area contributed by atoms with Crippen LogP contribution in [0.15, 0.2) is 23.1 Å². The molecule has 0 saturated carbocycles. The van der Waals surface area contributed by atoms with Gasteiger partial charge in [0.25, 0.3) is 10.0 Å². The second-order valence-electron chi connectivity index (χ2n) is 2.93. The van der Waals surface area contributed by atoms with Gasteiger partial charge in [0, 0.05) is 0 Å². The topological polar surface area (TPSA) is 55.4 Å². The Balaban J connectivity index is 3.35. The van der Waals surface area contributed by atoms with Gasteiger partial charge < -0.3 is 0 Å². The predicted octanol–water partition coefficient (Wildman–Crippen LogP) is 2.20.